The second kappa shape index (κ2) is 10.8. The number of carbonyl (C=O) groups is 1. The van der Waals surface area contributed by atoms with Crippen LogP contribution in [-0.2, 0) is 11.3 Å². The molecular formula is C25H24N4O4S. The number of hydrogen-bond donors (Lipinski definition) is 1. The first-order chi connectivity index (χ1) is 16.6. The van der Waals surface area contributed by atoms with Crippen LogP contribution in [0.5, 0.6) is 11.5 Å². The summed E-state index contributed by atoms with van der Waals surface area (Å²) in [6, 6.07) is 18.1. The average Bonchev–Trinajstić information content (AvgIpc) is 2.86. The van der Waals surface area contributed by atoms with Gasteiger partial charge in [0.15, 0.2) is 10.8 Å². The molecule has 0 saturated heterocycles. The molecule has 2 aromatic heterocycles. The van der Waals surface area contributed by atoms with Gasteiger partial charge in [0, 0.05) is 6.20 Å². The lowest BCUT2D eigenvalue weighted by atomic mass is 10.2. The number of methoxy groups -OCH3 is 1. The molecule has 2 heterocycles. The van der Waals surface area contributed by atoms with Crippen LogP contribution in [0.4, 0.5) is 5.69 Å². The van der Waals surface area contributed by atoms with E-state index in [2.05, 4.69) is 15.3 Å². The zero-order valence-electron chi connectivity index (χ0n) is 18.9. The van der Waals surface area contributed by atoms with Crippen LogP contribution in [0.1, 0.15) is 12.5 Å². The number of amides is 1. The summed E-state index contributed by atoms with van der Waals surface area (Å²) in [5.41, 5.74) is 1.64. The Balaban J connectivity index is 1.59. The van der Waals surface area contributed by atoms with E-state index in [0.29, 0.717) is 40.8 Å². The highest BCUT2D eigenvalue weighted by Crippen LogP contribution is 2.25. The van der Waals surface area contributed by atoms with E-state index in [1.54, 1.807) is 42.1 Å². The molecule has 0 fully saturated rings. The summed E-state index contributed by atoms with van der Waals surface area (Å²) in [5, 5.41) is 3.71. The molecule has 0 unspecified atom stereocenters. The van der Waals surface area contributed by atoms with Gasteiger partial charge in [-0.2, -0.15) is 0 Å². The van der Waals surface area contributed by atoms with Crippen molar-refractivity contribution in [2.45, 2.75) is 18.6 Å². The maximum atomic E-state index is 13.3. The quantitative estimate of drug-likeness (QED) is 0.288. The number of para-hydroxylation sites is 2. The van der Waals surface area contributed by atoms with Crippen molar-refractivity contribution in [2.75, 3.05) is 24.8 Å². The fourth-order valence-corrected chi connectivity index (χ4v) is 4.15. The van der Waals surface area contributed by atoms with Crippen molar-refractivity contribution < 1.29 is 14.3 Å². The van der Waals surface area contributed by atoms with E-state index >= 15 is 0 Å². The van der Waals surface area contributed by atoms with E-state index < -0.39 is 0 Å². The summed E-state index contributed by atoms with van der Waals surface area (Å²) in [7, 11) is 1.60. The molecule has 0 aliphatic heterocycles. The van der Waals surface area contributed by atoms with Crippen LogP contribution in [0.25, 0.3) is 11.0 Å². The predicted octanol–water partition coefficient (Wildman–Crippen LogP) is 3.98. The number of nitrogens with zero attached hydrogens (tertiary/aromatic N) is 3. The Morgan fingerprint density at radius 1 is 1.09 bits per heavy atom. The maximum absolute atomic E-state index is 13.3. The van der Waals surface area contributed by atoms with Gasteiger partial charge in [0.25, 0.3) is 5.56 Å². The molecule has 8 nitrogen and oxygen atoms in total. The number of ether oxygens (including phenoxy) is 2. The summed E-state index contributed by atoms with van der Waals surface area (Å²) >= 11 is 1.18. The van der Waals surface area contributed by atoms with Crippen LogP contribution in [0, 0.1) is 0 Å². The number of nitrogens with one attached hydrogen (secondary N) is 1. The minimum absolute atomic E-state index is 0.0633. The number of pyridine rings is 1. The van der Waals surface area contributed by atoms with Crippen molar-refractivity contribution in [3.05, 3.63) is 82.8 Å². The maximum Gasteiger partial charge on any atom is 0.263 e. The van der Waals surface area contributed by atoms with Gasteiger partial charge >= 0.3 is 0 Å². The van der Waals surface area contributed by atoms with E-state index in [9.17, 15) is 9.59 Å². The number of hydrogen-bond acceptors (Lipinski definition) is 7. The number of anilines is 1. The Hall–Kier alpha value is -3.85. The Morgan fingerprint density at radius 3 is 2.65 bits per heavy atom. The van der Waals surface area contributed by atoms with Crippen molar-refractivity contribution >= 4 is 34.4 Å². The molecule has 0 bridgehead atoms. The second-order valence-electron chi connectivity index (χ2n) is 7.27. The van der Waals surface area contributed by atoms with Crippen molar-refractivity contribution in [3.63, 3.8) is 0 Å². The van der Waals surface area contributed by atoms with Crippen LogP contribution < -0.4 is 20.3 Å². The van der Waals surface area contributed by atoms with Gasteiger partial charge in [-0.25, -0.2) is 9.97 Å². The number of thioether (sulfide) groups is 1. The molecule has 0 spiro atoms. The first-order valence-electron chi connectivity index (χ1n) is 10.7. The van der Waals surface area contributed by atoms with Crippen LogP contribution in [-0.4, -0.2) is 39.9 Å². The average molecular weight is 477 g/mol. The SMILES string of the molecule is CCOc1ccccc1NC(=O)CSc1nc2ncccc2c(=O)n1Cc1ccc(OC)cc1. The highest BCUT2D eigenvalue weighted by molar-refractivity contribution is 7.99. The second-order valence-corrected chi connectivity index (χ2v) is 8.22. The first-order valence-corrected chi connectivity index (χ1v) is 11.7. The highest BCUT2D eigenvalue weighted by Gasteiger charge is 2.15. The summed E-state index contributed by atoms with van der Waals surface area (Å²) in [6.45, 7) is 2.68. The van der Waals surface area contributed by atoms with E-state index in [0.717, 1.165) is 11.3 Å². The van der Waals surface area contributed by atoms with E-state index in [1.165, 1.54) is 11.8 Å². The Bertz CT molecular complexity index is 1360. The smallest absolute Gasteiger partial charge is 0.263 e. The zero-order chi connectivity index (χ0) is 23.9. The van der Waals surface area contributed by atoms with Crippen molar-refractivity contribution in [2.24, 2.45) is 0 Å². The lowest BCUT2D eigenvalue weighted by molar-refractivity contribution is -0.113. The van der Waals surface area contributed by atoms with Crippen molar-refractivity contribution in [1.82, 2.24) is 14.5 Å². The van der Waals surface area contributed by atoms with Crippen LogP contribution >= 0.6 is 11.8 Å². The van der Waals surface area contributed by atoms with Gasteiger partial charge in [0.2, 0.25) is 5.91 Å². The third-order valence-electron chi connectivity index (χ3n) is 4.99. The van der Waals surface area contributed by atoms with Gasteiger partial charge in [-0.1, -0.05) is 36.0 Å². The predicted molar refractivity (Wildman–Crippen MR) is 133 cm³/mol. The standard InChI is InChI=1S/C25H24N4O4S/c1-3-33-21-9-5-4-8-20(21)27-22(30)16-34-25-28-23-19(7-6-14-26-23)24(31)29(25)15-17-10-12-18(32-2)13-11-17/h4-14H,3,15-16H2,1-2H3,(H,27,30). The summed E-state index contributed by atoms with van der Waals surface area (Å²) in [6.07, 6.45) is 1.59. The Kier molecular flexibility index (Phi) is 7.44. The van der Waals surface area contributed by atoms with Gasteiger partial charge in [-0.3, -0.25) is 14.2 Å². The monoisotopic (exact) mass is 476 g/mol. The number of aromatic nitrogens is 3. The normalized spacial score (nSPS) is 10.8. The molecule has 174 valence electrons. The molecule has 4 aromatic rings. The van der Waals surface area contributed by atoms with Gasteiger partial charge in [0.05, 0.1) is 37.1 Å². The summed E-state index contributed by atoms with van der Waals surface area (Å²) in [5.74, 6) is 1.17. The topological polar surface area (TPSA) is 95.3 Å². The number of benzene rings is 2. The lowest BCUT2D eigenvalue weighted by Crippen LogP contribution is -2.25. The minimum Gasteiger partial charge on any atom is -0.497 e. The Morgan fingerprint density at radius 2 is 1.88 bits per heavy atom. The molecule has 34 heavy (non-hydrogen) atoms. The molecule has 1 N–H and O–H groups in total. The number of carbonyl (C=O) groups excluding carboxylic acids is 1. The molecule has 9 heteroatoms. The minimum atomic E-state index is -0.233. The first kappa shape index (κ1) is 23.3. The van der Waals surface area contributed by atoms with Crippen LogP contribution in [0.15, 0.2) is 76.8 Å². The fraction of sp³-hybridized carbons (Fsp3) is 0.200. The molecular weight excluding hydrogens is 452 g/mol. The Labute approximate surface area is 201 Å². The summed E-state index contributed by atoms with van der Waals surface area (Å²) < 4.78 is 12.4. The van der Waals surface area contributed by atoms with Crippen molar-refractivity contribution in [1.29, 1.82) is 0 Å². The third kappa shape index (κ3) is 5.37. The van der Waals surface area contributed by atoms with Crippen molar-refractivity contribution in [3.8, 4) is 11.5 Å². The lowest BCUT2D eigenvalue weighted by Gasteiger charge is -2.14. The van der Waals surface area contributed by atoms with E-state index in [4.69, 9.17) is 9.47 Å². The zero-order valence-corrected chi connectivity index (χ0v) is 19.7. The largest absolute Gasteiger partial charge is 0.497 e. The molecule has 1 amide bonds. The van der Waals surface area contributed by atoms with Gasteiger partial charge in [-0.15, -0.1) is 0 Å². The van der Waals surface area contributed by atoms with Crippen LogP contribution in [0.3, 0.4) is 0 Å². The van der Waals surface area contributed by atoms with Crippen LogP contribution in [0.2, 0.25) is 0 Å². The van der Waals surface area contributed by atoms with Gasteiger partial charge in [0.1, 0.15) is 11.5 Å². The molecule has 0 aliphatic rings. The fourth-order valence-electron chi connectivity index (χ4n) is 3.37. The van der Waals surface area contributed by atoms with E-state index in [-0.39, 0.29) is 17.2 Å². The molecule has 0 saturated carbocycles. The number of rotatable bonds is 9. The third-order valence-corrected chi connectivity index (χ3v) is 5.96. The molecule has 0 atom stereocenters. The summed E-state index contributed by atoms with van der Waals surface area (Å²) in [4.78, 5) is 34.8. The molecule has 0 radical (unpaired) electrons. The van der Waals surface area contributed by atoms with E-state index in [1.807, 2.05) is 43.3 Å². The molecule has 4 rings (SSSR count). The van der Waals surface area contributed by atoms with Gasteiger partial charge in [-0.05, 0) is 48.9 Å². The molecule has 2 aromatic carbocycles. The number of fused-ring (bicyclic) bond motifs is 1. The highest BCUT2D eigenvalue weighted by atomic mass is 32.2. The molecule has 0 aliphatic carbocycles. The van der Waals surface area contributed by atoms with Gasteiger partial charge < -0.3 is 14.8 Å².